The fourth-order valence-electron chi connectivity index (χ4n) is 7.87. The third-order valence-corrected chi connectivity index (χ3v) is 15.0. The summed E-state index contributed by atoms with van der Waals surface area (Å²) in [5.41, 5.74) is 3.09. The third-order valence-electron chi connectivity index (χ3n) is 11.6. The average molecular weight is 1000 g/mol. The molecule has 7 atom stereocenters. The number of hydrogen-bond acceptors (Lipinski definition) is 14. The number of alkyl carbamates (subject to hydrolysis) is 1. The van der Waals surface area contributed by atoms with Gasteiger partial charge in [0, 0.05) is 13.1 Å². The molecule has 16 nitrogen and oxygen atoms in total. The summed E-state index contributed by atoms with van der Waals surface area (Å²) in [6.07, 6.45) is -4.36. The van der Waals surface area contributed by atoms with Crippen LogP contribution in [-0.2, 0) is 73.6 Å². The molecule has 374 valence electrons. The number of rotatable bonds is 25. The Balaban J connectivity index is 1.03. The number of carbonyl (C=O) groups excluding carboxylic acids is 2. The zero-order valence-electron chi connectivity index (χ0n) is 39.4. The van der Waals surface area contributed by atoms with Crippen molar-refractivity contribution in [2.75, 3.05) is 32.7 Å². The number of nitrogens with zero attached hydrogens (tertiary/aromatic N) is 1. The number of ether oxygens (including phenoxy) is 6. The summed E-state index contributed by atoms with van der Waals surface area (Å²) in [6, 6.07) is 39.5. The van der Waals surface area contributed by atoms with Crippen LogP contribution in [0, 0.1) is 11.8 Å². The lowest BCUT2D eigenvalue weighted by Crippen LogP contribution is -2.51. The number of amides is 1. The molecule has 2 aliphatic heterocycles. The lowest BCUT2D eigenvalue weighted by atomic mass is 10.0. The second-order valence-corrected chi connectivity index (χ2v) is 21.5. The Hall–Kier alpha value is -5.62. The number of sulfonamides is 1. The van der Waals surface area contributed by atoms with Gasteiger partial charge in [-0.15, -0.1) is 0 Å². The van der Waals surface area contributed by atoms with Crippen molar-refractivity contribution in [1.82, 2.24) is 9.62 Å². The molecule has 7 rings (SSSR count). The van der Waals surface area contributed by atoms with Crippen LogP contribution >= 0.6 is 7.60 Å². The zero-order valence-corrected chi connectivity index (χ0v) is 41.2. The van der Waals surface area contributed by atoms with Crippen molar-refractivity contribution >= 4 is 29.7 Å². The van der Waals surface area contributed by atoms with Crippen molar-refractivity contribution in [2.45, 2.75) is 89.0 Å². The van der Waals surface area contributed by atoms with Gasteiger partial charge in [-0.05, 0) is 84.3 Å². The number of hydrogen-bond donors (Lipinski definition) is 2. The van der Waals surface area contributed by atoms with Crippen molar-refractivity contribution in [3.05, 3.63) is 162 Å². The summed E-state index contributed by atoms with van der Waals surface area (Å²) in [5.74, 6) is -0.220. The monoisotopic (exact) mass is 1000 g/mol. The topological polar surface area (TPSA) is 195 Å². The molecule has 18 heteroatoms. The van der Waals surface area contributed by atoms with Crippen LogP contribution in [0.3, 0.4) is 0 Å². The van der Waals surface area contributed by atoms with Crippen LogP contribution in [0.2, 0.25) is 0 Å². The Kier molecular flexibility index (Phi) is 18.6. The number of nitrogens with one attached hydrogen (secondary N) is 1. The minimum Gasteiger partial charge on any atom is -0.489 e. The number of fused-ring (bicyclic) bond motifs is 1. The van der Waals surface area contributed by atoms with E-state index < -0.39 is 66.7 Å². The molecule has 2 aliphatic rings. The van der Waals surface area contributed by atoms with Crippen LogP contribution in [0.4, 0.5) is 4.79 Å². The Bertz CT molecular complexity index is 2580. The lowest BCUT2D eigenvalue weighted by Gasteiger charge is -2.31. The van der Waals surface area contributed by atoms with E-state index in [2.05, 4.69) is 5.32 Å². The van der Waals surface area contributed by atoms with Gasteiger partial charge >= 0.3 is 19.7 Å². The van der Waals surface area contributed by atoms with Crippen LogP contribution in [0.25, 0.3) is 0 Å². The predicted octanol–water partition coefficient (Wildman–Crippen LogP) is 8.27. The average Bonchev–Trinajstić information content (AvgIpc) is 4.00. The van der Waals surface area contributed by atoms with Gasteiger partial charge in [-0.3, -0.25) is 9.09 Å². The number of aliphatic hydroxyl groups is 1. The first-order chi connectivity index (χ1) is 33.7. The van der Waals surface area contributed by atoms with E-state index in [0.717, 1.165) is 16.7 Å². The molecule has 1 amide bonds. The molecule has 0 aliphatic carbocycles. The van der Waals surface area contributed by atoms with E-state index in [1.807, 2.05) is 92.7 Å². The van der Waals surface area contributed by atoms with E-state index in [-0.39, 0.29) is 61.8 Å². The zero-order chi connectivity index (χ0) is 49.5. The van der Waals surface area contributed by atoms with Gasteiger partial charge in [0.15, 0.2) is 18.7 Å². The second-order valence-electron chi connectivity index (χ2n) is 17.6. The minimum absolute atomic E-state index is 0.00185. The van der Waals surface area contributed by atoms with Gasteiger partial charge < -0.3 is 43.4 Å². The van der Waals surface area contributed by atoms with Gasteiger partial charge in [0.2, 0.25) is 10.0 Å². The highest BCUT2D eigenvalue weighted by molar-refractivity contribution is 7.89. The summed E-state index contributed by atoms with van der Waals surface area (Å²) in [4.78, 5) is 26.5. The van der Waals surface area contributed by atoms with Crippen LogP contribution < -0.4 is 14.8 Å². The number of esters is 1. The Morgan fingerprint density at radius 3 is 1.96 bits per heavy atom. The standard InChI is InChI=1S/C52H61N2O14PS/c1-37(2)30-54(70(59,60)45-25-23-43(24-26-45)62-32-40-13-7-4-8-14-40)31-48(55)47(53-52(57)67-49-35-64-51-46(49)27-28-61-51)29-39-19-21-44(22-20-39)65-36-69(58,66-34-42-17-11-6-12-18-42)68-38(3)50(56)63-33-41-15-9-5-10-16-41/h4-26,37-38,46-49,51,55H,27-36H2,1-3H3,(H,53,57)/t38-,46-,47-,48+,49-,51+,69?/m0/s1. The number of carbonyl (C=O) groups is 2. The Labute approximate surface area is 409 Å². The third kappa shape index (κ3) is 15.2. The van der Waals surface area contributed by atoms with Crippen LogP contribution in [0.15, 0.2) is 144 Å². The van der Waals surface area contributed by atoms with E-state index in [1.54, 1.807) is 48.5 Å². The van der Waals surface area contributed by atoms with E-state index in [4.69, 9.17) is 37.5 Å². The number of aliphatic hydroxyl groups excluding tert-OH is 1. The predicted molar refractivity (Wildman–Crippen MR) is 259 cm³/mol. The first-order valence-corrected chi connectivity index (χ1v) is 26.4. The van der Waals surface area contributed by atoms with Crippen molar-refractivity contribution in [1.29, 1.82) is 0 Å². The summed E-state index contributed by atoms with van der Waals surface area (Å²) >= 11 is 0. The molecular weight excluding hydrogens is 940 g/mol. The minimum atomic E-state index is -4.15. The van der Waals surface area contributed by atoms with Crippen molar-refractivity contribution in [3.63, 3.8) is 0 Å². The van der Waals surface area contributed by atoms with Gasteiger partial charge in [0.05, 0.1) is 42.8 Å². The fourth-order valence-corrected chi connectivity index (χ4v) is 10.9. The van der Waals surface area contributed by atoms with Gasteiger partial charge in [-0.2, -0.15) is 4.31 Å². The molecule has 70 heavy (non-hydrogen) atoms. The smallest absolute Gasteiger partial charge is 0.407 e. The van der Waals surface area contributed by atoms with E-state index >= 15 is 0 Å². The highest BCUT2D eigenvalue weighted by Crippen LogP contribution is 2.50. The summed E-state index contributed by atoms with van der Waals surface area (Å²) in [5, 5.41) is 14.8. The summed E-state index contributed by atoms with van der Waals surface area (Å²) in [6.45, 7) is 5.75. The van der Waals surface area contributed by atoms with Gasteiger partial charge in [0.25, 0.3) is 0 Å². The molecule has 2 fully saturated rings. The normalized spacial score (nSPS) is 18.9. The molecule has 1 unspecified atom stereocenters. The van der Waals surface area contributed by atoms with Crippen LogP contribution in [-0.4, -0.2) is 93.2 Å². The van der Waals surface area contributed by atoms with E-state index in [1.165, 1.54) is 23.4 Å². The van der Waals surface area contributed by atoms with Gasteiger partial charge in [0.1, 0.15) is 30.8 Å². The molecule has 2 heterocycles. The molecule has 0 saturated carbocycles. The van der Waals surface area contributed by atoms with Crippen molar-refractivity contribution < 1.29 is 65.1 Å². The largest absolute Gasteiger partial charge is 0.489 e. The van der Waals surface area contributed by atoms with Crippen LogP contribution in [0.1, 0.15) is 49.4 Å². The van der Waals surface area contributed by atoms with E-state index in [9.17, 15) is 27.7 Å². The molecule has 0 bridgehead atoms. The molecular formula is C52H61N2O14PS. The van der Waals surface area contributed by atoms with Crippen molar-refractivity contribution in [3.8, 4) is 11.5 Å². The molecule has 0 aromatic heterocycles. The maximum atomic E-state index is 14.3. The SMILES string of the molecule is CC(C)CN(C[C@@H](O)[C@H](Cc1ccc(OCP(=O)(OCc2ccccc2)O[C@@H](C)C(=O)OCc2ccccc2)cc1)NC(=O)O[C@H]1CO[C@H]2OCC[C@H]21)S(=O)(=O)c1ccc(OCc2ccccc2)cc1. The molecule has 0 radical (unpaired) electrons. The first-order valence-electron chi connectivity index (χ1n) is 23.3. The Morgan fingerprint density at radius 1 is 0.743 bits per heavy atom. The fraction of sp³-hybridized carbons (Fsp3) is 0.385. The summed E-state index contributed by atoms with van der Waals surface area (Å²) in [7, 11) is -8.26. The Morgan fingerprint density at radius 2 is 1.33 bits per heavy atom. The molecule has 5 aromatic carbocycles. The highest BCUT2D eigenvalue weighted by atomic mass is 32.2. The van der Waals surface area contributed by atoms with Gasteiger partial charge in [-0.1, -0.05) is 117 Å². The van der Waals surface area contributed by atoms with Crippen molar-refractivity contribution in [2.24, 2.45) is 11.8 Å². The molecule has 5 aromatic rings. The summed E-state index contributed by atoms with van der Waals surface area (Å²) < 4.78 is 89.8. The van der Waals surface area contributed by atoms with Crippen LogP contribution in [0.5, 0.6) is 11.5 Å². The first kappa shape index (κ1) is 52.2. The molecule has 2 saturated heterocycles. The highest BCUT2D eigenvalue weighted by Gasteiger charge is 2.44. The van der Waals surface area contributed by atoms with Gasteiger partial charge in [-0.25, -0.2) is 18.0 Å². The number of benzene rings is 5. The second kappa shape index (κ2) is 25.0. The maximum absolute atomic E-state index is 14.3. The maximum Gasteiger partial charge on any atom is 0.407 e. The quantitative estimate of drug-likeness (QED) is 0.0419. The lowest BCUT2D eigenvalue weighted by molar-refractivity contribution is -0.153. The molecule has 0 spiro atoms. The van der Waals surface area contributed by atoms with E-state index in [0.29, 0.717) is 30.9 Å². The molecule has 2 N–H and O–H groups in total.